The Morgan fingerprint density at radius 2 is 2.09 bits per heavy atom. The quantitative estimate of drug-likeness (QED) is 0.717. The molecule has 2 amide bonds. The van der Waals surface area contributed by atoms with Gasteiger partial charge in [-0.1, -0.05) is 0 Å². The minimum absolute atomic E-state index is 0.00163. The highest BCUT2D eigenvalue weighted by Gasteiger charge is 2.25. The summed E-state index contributed by atoms with van der Waals surface area (Å²) in [6.45, 7) is 6.48. The molecule has 0 saturated heterocycles. The Labute approximate surface area is 136 Å². The summed E-state index contributed by atoms with van der Waals surface area (Å²) in [7, 11) is 0. The van der Waals surface area contributed by atoms with E-state index in [1.807, 2.05) is 20.8 Å². The van der Waals surface area contributed by atoms with Crippen LogP contribution in [0.15, 0.2) is 6.33 Å². The molecule has 0 aromatic carbocycles. The van der Waals surface area contributed by atoms with Crippen molar-refractivity contribution < 1.29 is 14.3 Å². The minimum Gasteiger partial charge on any atom is -0.444 e. The zero-order valence-corrected chi connectivity index (χ0v) is 14.1. The molecule has 0 bridgehead atoms. The molecule has 0 radical (unpaired) electrons. The van der Waals surface area contributed by atoms with Crippen molar-refractivity contribution in [3.8, 4) is 0 Å². The van der Waals surface area contributed by atoms with Gasteiger partial charge in [0.2, 0.25) is 5.91 Å². The maximum atomic E-state index is 12.2. The standard InChI is InChI=1S/C16H26N4O3/c1-16(2,3)23-15(22)18-8-4-7-17-14(21)11-5-6-12-13(9-11)20-10-19-12/h10-11H,4-9H2,1-3H3,(H,17,21)(H,18,22)(H,19,20). The molecule has 1 aliphatic carbocycles. The predicted octanol–water partition coefficient (Wildman–Crippen LogP) is 1.55. The maximum Gasteiger partial charge on any atom is 0.407 e. The number of ether oxygens (including phenoxy) is 1. The van der Waals surface area contributed by atoms with E-state index >= 15 is 0 Å². The average molecular weight is 322 g/mol. The van der Waals surface area contributed by atoms with E-state index in [0.29, 0.717) is 19.5 Å². The van der Waals surface area contributed by atoms with Crippen molar-refractivity contribution in [3.05, 3.63) is 17.7 Å². The van der Waals surface area contributed by atoms with Gasteiger partial charge in [0, 0.05) is 31.1 Å². The molecule has 3 N–H and O–H groups in total. The number of aryl methyl sites for hydroxylation is 1. The van der Waals surface area contributed by atoms with Gasteiger partial charge in [0.1, 0.15) is 5.60 Å². The van der Waals surface area contributed by atoms with E-state index in [4.69, 9.17) is 4.74 Å². The summed E-state index contributed by atoms with van der Waals surface area (Å²) >= 11 is 0. The number of H-pyrrole nitrogens is 1. The lowest BCUT2D eigenvalue weighted by Gasteiger charge is -2.21. The van der Waals surface area contributed by atoms with E-state index in [0.717, 1.165) is 30.7 Å². The number of hydrogen-bond donors (Lipinski definition) is 3. The number of aromatic amines is 1. The number of fused-ring (bicyclic) bond motifs is 1. The van der Waals surface area contributed by atoms with Gasteiger partial charge >= 0.3 is 6.09 Å². The summed E-state index contributed by atoms with van der Waals surface area (Å²) in [6.07, 6.45) is 4.33. The van der Waals surface area contributed by atoms with Gasteiger partial charge in [-0.05, 0) is 40.0 Å². The average Bonchev–Trinajstić information content (AvgIpc) is 2.92. The van der Waals surface area contributed by atoms with Crippen LogP contribution in [0.25, 0.3) is 0 Å². The first-order chi connectivity index (χ1) is 10.8. The van der Waals surface area contributed by atoms with E-state index in [-0.39, 0.29) is 11.8 Å². The van der Waals surface area contributed by atoms with Gasteiger partial charge < -0.3 is 20.4 Å². The SMILES string of the molecule is CC(C)(C)OC(=O)NCCCNC(=O)C1CCc2nc[nH]c2C1. The summed E-state index contributed by atoms with van der Waals surface area (Å²) in [4.78, 5) is 31.0. The molecule has 1 heterocycles. The minimum atomic E-state index is -0.495. The smallest absolute Gasteiger partial charge is 0.407 e. The molecule has 128 valence electrons. The fraction of sp³-hybridized carbons (Fsp3) is 0.688. The Morgan fingerprint density at radius 1 is 1.35 bits per heavy atom. The second-order valence-electron chi connectivity index (χ2n) is 6.84. The first kappa shape index (κ1) is 17.3. The van der Waals surface area contributed by atoms with Crippen molar-refractivity contribution in [2.24, 2.45) is 5.92 Å². The van der Waals surface area contributed by atoms with Crippen molar-refractivity contribution in [1.29, 1.82) is 0 Å². The summed E-state index contributed by atoms with van der Waals surface area (Å²) in [5.41, 5.74) is 1.66. The predicted molar refractivity (Wildman–Crippen MR) is 86.0 cm³/mol. The van der Waals surface area contributed by atoms with Crippen LogP contribution < -0.4 is 10.6 Å². The topological polar surface area (TPSA) is 96.1 Å². The lowest BCUT2D eigenvalue weighted by atomic mass is 9.89. The summed E-state index contributed by atoms with van der Waals surface area (Å²) in [5.74, 6) is 0.0734. The molecule has 23 heavy (non-hydrogen) atoms. The monoisotopic (exact) mass is 322 g/mol. The van der Waals surface area contributed by atoms with Gasteiger partial charge in [-0.15, -0.1) is 0 Å². The molecule has 1 atom stereocenters. The van der Waals surface area contributed by atoms with Gasteiger partial charge in [-0.25, -0.2) is 9.78 Å². The number of alkyl carbamates (subject to hydrolysis) is 1. The van der Waals surface area contributed by atoms with Crippen LogP contribution in [0.4, 0.5) is 4.79 Å². The number of carbonyl (C=O) groups excluding carboxylic acids is 2. The Hall–Kier alpha value is -2.05. The second-order valence-corrected chi connectivity index (χ2v) is 6.84. The fourth-order valence-corrected chi connectivity index (χ4v) is 2.57. The van der Waals surface area contributed by atoms with Gasteiger partial charge in [-0.3, -0.25) is 4.79 Å². The zero-order chi connectivity index (χ0) is 16.9. The number of nitrogens with zero attached hydrogens (tertiary/aromatic N) is 1. The van der Waals surface area contributed by atoms with Crippen LogP contribution in [-0.4, -0.2) is 40.7 Å². The number of rotatable bonds is 5. The van der Waals surface area contributed by atoms with Crippen LogP contribution in [0, 0.1) is 5.92 Å². The molecule has 1 aromatic rings. The van der Waals surface area contributed by atoms with Crippen LogP contribution in [0.3, 0.4) is 0 Å². The molecule has 0 spiro atoms. The van der Waals surface area contributed by atoms with Crippen LogP contribution in [-0.2, 0) is 22.4 Å². The number of nitrogens with one attached hydrogen (secondary N) is 3. The third kappa shape index (κ3) is 5.58. The maximum absolute atomic E-state index is 12.2. The summed E-state index contributed by atoms with van der Waals surface area (Å²) < 4.78 is 5.14. The second kappa shape index (κ2) is 7.48. The Kier molecular flexibility index (Phi) is 5.63. The normalized spacial score (nSPS) is 17.3. The van der Waals surface area contributed by atoms with E-state index in [9.17, 15) is 9.59 Å². The van der Waals surface area contributed by atoms with E-state index < -0.39 is 11.7 Å². The Morgan fingerprint density at radius 3 is 2.83 bits per heavy atom. The molecule has 0 saturated carbocycles. The van der Waals surface area contributed by atoms with Crippen LogP contribution in [0.5, 0.6) is 0 Å². The van der Waals surface area contributed by atoms with Crippen molar-refractivity contribution >= 4 is 12.0 Å². The number of hydrogen-bond acceptors (Lipinski definition) is 4. The molecular formula is C16H26N4O3. The van der Waals surface area contributed by atoms with Gasteiger partial charge in [0.05, 0.1) is 12.0 Å². The van der Waals surface area contributed by atoms with E-state index in [1.54, 1.807) is 6.33 Å². The molecular weight excluding hydrogens is 296 g/mol. The Bertz CT molecular complexity index is 548. The van der Waals surface area contributed by atoms with Crippen LogP contribution in [0.1, 0.15) is 45.0 Å². The highest BCUT2D eigenvalue weighted by molar-refractivity contribution is 5.79. The van der Waals surface area contributed by atoms with Gasteiger partial charge in [0.15, 0.2) is 0 Å². The van der Waals surface area contributed by atoms with Crippen molar-refractivity contribution in [2.45, 2.75) is 52.1 Å². The highest BCUT2D eigenvalue weighted by Crippen LogP contribution is 2.22. The Balaban J connectivity index is 1.60. The number of aromatic nitrogens is 2. The largest absolute Gasteiger partial charge is 0.444 e. The number of imidazole rings is 1. The van der Waals surface area contributed by atoms with Gasteiger partial charge in [0.25, 0.3) is 0 Å². The molecule has 7 heteroatoms. The van der Waals surface area contributed by atoms with Gasteiger partial charge in [-0.2, -0.15) is 0 Å². The van der Waals surface area contributed by atoms with Crippen LogP contribution in [0.2, 0.25) is 0 Å². The number of carbonyl (C=O) groups is 2. The van der Waals surface area contributed by atoms with Crippen LogP contribution >= 0.6 is 0 Å². The molecule has 1 unspecified atom stereocenters. The highest BCUT2D eigenvalue weighted by atomic mass is 16.6. The third-order valence-electron chi connectivity index (χ3n) is 3.68. The number of amides is 2. The summed E-state index contributed by atoms with van der Waals surface area (Å²) in [6, 6.07) is 0. The summed E-state index contributed by atoms with van der Waals surface area (Å²) in [5, 5.41) is 5.61. The third-order valence-corrected chi connectivity index (χ3v) is 3.68. The lowest BCUT2D eigenvalue weighted by molar-refractivity contribution is -0.125. The zero-order valence-electron chi connectivity index (χ0n) is 14.1. The van der Waals surface area contributed by atoms with E-state index in [2.05, 4.69) is 20.6 Å². The van der Waals surface area contributed by atoms with E-state index in [1.165, 1.54) is 0 Å². The molecule has 1 aromatic heterocycles. The van der Waals surface area contributed by atoms with Crippen molar-refractivity contribution in [2.75, 3.05) is 13.1 Å². The molecule has 0 fully saturated rings. The molecule has 0 aliphatic heterocycles. The van der Waals surface area contributed by atoms with Crippen molar-refractivity contribution in [3.63, 3.8) is 0 Å². The lowest BCUT2D eigenvalue weighted by Crippen LogP contribution is -2.37. The van der Waals surface area contributed by atoms with Crippen molar-refractivity contribution in [1.82, 2.24) is 20.6 Å². The molecule has 2 rings (SSSR count). The fourth-order valence-electron chi connectivity index (χ4n) is 2.57. The first-order valence-electron chi connectivity index (χ1n) is 8.11. The molecule has 7 nitrogen and oxygen atoms in total. The molecule has 1 aliphatic rings. The first-order valence-corrected chi connectivity index (χ1v) is 8.11.